The summed E-state index contributed by atoms with van der Waals surface area (Å²) in [5.74, 6) is 1.42. The minimum absolute atomic E-state index is 0.0447. The SMILES string of the molecule is COc1ccc(C(=O)C2CCN(c3nc(-c4ccncn4)cc(=O)n3C)CC2)cc1. The minimum Gasteiger partial charge on any atom is -0.497 e. The molecule has 0 N–H and O–H groups in total. The lowest BCUT2D eigenvalue weighted by Crippen LogP contribution is -2.39. The first-order valence-electron chi connectivity index (χ1n) is 9.84. The number of ketones is 1. The normalized spacial score (nSPS) is 14.5. The Kier molecular flexibility index (Phi) is 5.56. The summed E-state index contributed by atoms with van der Waals surface area (Å²) >= 11 is 0. The number of ether oxygens (including phenoxy) is 1. The number of nitrogens with zero attached hydrogens (tertiary/aromatic N) is 5. The fraction of sp³-hybridized carbons (Fsp3) is 0.318. The lowest BCUT2D eigenvalue weighted by molar-refractivity contribution is 0.0900. The summed E-state index contributed by atoms with van der Waals surface area (Å²) in [6.45, 7) is 1.31. The van der Waals surface area contributed by atoms with Crippen LogP contribution in [0.2, 0.25) is 0 Å². The summed E-state index contributed by atoms with van der Waals surface area (Å²) in [4.78, 5) is 40.2. The standard InChI is InChI=1S/C22H23N5O3/c1-26-20(28)13-19(18-7-10-23-14-24-18)25-22(26)27-11-8-16(9-12-27)21(29)15-3-5-17(30-2)6-4-15/h3-7,10,13-14,16H,8-9,11-12H2,1-2H3. The summed E-state index contributed by atoms with van der Waals surface area (Å²) in [6.07, 6.45) is 4.47. The number of rotatable bonds is 5. The molecule has 1 aromatic carbocycles. The second-order valence-electron chi connectivity index (χ2n) is 7.29. The van der Waals surface area contributed by atoms with Crippen LogP contribution in [-0.2, 0) is 7.05 Å². The lowest BCUT2D eigenvalue weighted by atomic mass is 9.89. The summed E-state index contributed by atoms with van der Waals surface area (Å²) in [5.41, 5.74) is 1.68. The number of piperidine rings is 1. The molecule has 0 saturated carbocycles. The van der Waals surface area contributed by atoms with Crippen LogP contribution in [-0.4, -0.2) is 45.5 Å². The number of carbonyl (C=O) groups is 1. The van der Waals surface area contributed by atoms with Gasteiger partial charge in [0.2, 0.25) is 5.95 Å². The van der Waals surface area contributed by atoms with Crippen LogP contribution in [0.4, 0.5) is 5.95 Å². The molecule has 0 amide bonds. The predicted molar refractivity (Wildman–Crippen MR) is 113 cm³/mol. The number of carbonyl (C=O) groups excluding carboxylic acids is 1. The highest BCUT2D eigenvalue weighted by Crippen LogP contribution is 2.26. The van der Waals surface area contributed by atoms with Crippen molar-refractivity contribution in [3.05, 3.63) is 64.8 Å². The van der Waals surface area contributed by atoms with Gasteiger partial charge in [-0.3, -0.25) is 14.2 Å². The van der Waals surface area contributed by atoms with E-state index in [2.05, 4.69) is 19.9 Å². The van der Waals surface area contributed by atoms with Crippen LogP contribution in [0.15, 0.2) is 53.7 Å². The molecular formula is C22H23N5O3. The Labute approximate surface area is 174 Å². The van der Waals surface area contributed by atoms with Gasteiger partial charge in [0, 0.05) is 43.9 Å². The summed E-state index contributed by atoms with van der Waals surface area (Å²) in [7, 11) is 3.32. The number of benzene rings is 1. The van der Waals surface area contributed by atoms with Crippen LogP contribution in [0.3, 0.4) is 0 Å². The molecule has 3 aromatic rings. The van der Waals surface area contributed by atoms with Crippen LogP contribution >= 0.6 is 0 Å². The van der Waals surface area contributed by atoms with Gasteiger partial charge >= 0.3 is 0 Å². The zero-order chi connectivity index (χ0) is 21.1. The van der Waals surface area contributed by atoms with Gasteiger partial charge in [0.1, 0.15) is 12.1 Å². The molecule has 8 nitrogen and oxygen atoms in total. The Morgan fingerprint density at radius 2 is 1.83 bits per heavy atom. The van der Waals surface area contributed by atoms with Crippen LogP contribution in [0.1, 0.15) is 23.2 Å². The summed E-state index contributed by atoms with van der Waals surface area (Å²) in [6, 6.07) is 10.4. The van der Waals surface area contributed by atoms with Gasteiger partial charge in [-0.05, 0) is 43.2 Å². The quantitative estimate of drug-likeness (QED) is 0.602. The van der Waals surface area contributed by atoms with E-state index in [1.165, 1.54) is 17.0 Å². The van der Waals surface area contributed by atoms with Gasteiger partial charge in [-0.1, -0.05) is 0 Å². The Bertz CT molecular complexity index is 1090. The lowest BCUT2D eigenvalue weighted by Gasteiger charge is -2.33. The first-order chi connectivity index (χ1) is 14.6. The molecule has 30 heavy (non-hydrogen) atoms. The zero-order valence-electron chi connectivity index (χ0n) is 17.0. The van der Waals surface area contributed by atoms with E-state index in [0.29, 0.717) is 48.8 Å². The van der Waals surface area contributed by atoms with Gasteiger partial charge in [-0.2, -0.15) is 0 Å². The minimum atomic E-state index is -0.148. The van der Waals surface area contributed by atoms with E-state index in [1.807, 2.05) is 12.1 Å². The van der Waals surface area contributed by atoms with Crippen LogP contribution < -0.4 is 15.2 Å². The third-order valence-corrected chi connectivity index (χ3v) is 5.48. The van der Waals surface area contributed by atoms with E-state index < -0.39 is 0 Å². The van der Waals surface area contributed by atoms with Gasteiger partial charge in [0.15, 0.2) is 5.78 Å². The van der Waals surface area contributed by atoms with E-state index in [4.69, 9.17) is 4.74 Å². The van der Waals surface area contributed by atoms with Gasteiger partial charge in [-0.15, -0.1) is 0 Å². The van der Waals surface area contributed by atoms with E-state index >= 15 is 0 Å². The third kappa shape index (κ3) is 3.94. The smallest absolute Gasteiger partial charge is 0.255 e. The maximum Gasteiger partial charge on any atom is 0.255 e. The van der Waals surface area contributed by atoms with E-state index in [9.17, 15) is 9.59 Å². The van der Waals surface area contributed by atoms with Gasteiger partial charge < -0.3 is 9.64 Å². The van der Waals surface area contributed by atoms with E-state index in [-0.39, 0.29) is 17.3 Å². The second kappa shape index (κ2) is 8.44. The molecule has 1 aliphatic rings. The van der Waals surface area contributed by atoms with Crippen molar-refractivity contribution < 1.29 is 9.53 Å². The number of methoxy groups -OCH3 is 1. The molecule has 154 valence electrons. The molecule has 0 bridgehead atoms. The van der Waals surface area contributed by atoms with Gasteiger partial charge in [0.25, 0.3) is 5.56 Å². The molecule has 0 aliphatic carbocycles. The van der Waals surface area contributed by atoms with Crippen molar-refractivity contribution in [1.82, 2.24) is 19.5 Å². The molecule has 3 heterocycles. The first kappa shape index (κ1) is 19.8. The maximum atomic E-state index is 12.9. The fourth-order valence-corrected chi connectivity index (χ4v) is 3.72. The Morgan fingerprint density at radius 1 is 1.10 bits per heavy atom. The number of hydrogen-bond acceptors (Lipinski definition) is 7. The van der Waals surface area contributed by atoms with E-state index in [1.54, 1.807) is 38.6 Å². The van der Waals surface area contributed by atoms with Gasteiger partial charge in [0.05, 0.1) is 18.5 Å². The van der Waals surface area contributed by atoms with Crippen molar-refractivity contribution in [1.29, 1.82) is 0 Å². The second-order valence-corrected chi connectivity index (χ2v) is 7.29. The summed E-state index contributed by atoms with van der Waals surface area (Å²) < 4.78 is 6.70. The first-order valence-corrected chi connectivity index (χ1v) is 9.84. The van der Waals surface area contributed by atoms with Crippen molar-refractivity contribution in [3.63, 3.8) is 0 Å². The Hall–Kier alpha value is -3.55. The fourth-order valence-electron chi connectivity index (χ4n) is 3.72. The highest BCUT2D eigenvalue weighted by molar-refractivity contribution is 5.98. The molecule has 0 radical (unpaired) electrons. The third-order valence-electron chi connectivity index (χ3n) is 5.48. The van der Waals surface area contributed by atoms with Crippen molar-refractivity contribution in [3.8, 4) is 17.1 Å². The highest BCUT2D eigenvalue weighted by atomic mass is 16.5. The van der Waals surface area contributed by atoms with Crippen LogP contribution in [0.5, 0.6) is 5.75 Å². The van der Waals surface area contributed by atoms with Crippen LogP contribution in [0, 0.1) is 5.92 Å². The summed E-state index contributed by atoms with van der Waals surface area (Å²) in [5, 5.41) is 0. The molecule has 1 saturated heterocycles. The number of hydrogen-bond donors (Lipinski definition) is 0. The van der Waals surface area contributed by atoms with Crippen molar-refractivity contribution in [2.24, 2.45) is 13.0 Å². The molecule has 1 fully saturated rings. The predicted octanol–water partition coefficient (Wildman–Crippen LogP) is 2.35. The van der Waals surface area contributed by atoms with Gasteiger partial charge in [-0.25, -0.2) is 15.0 Å². The Balaban J connectivity index is 1.50. The molecule has 2 aromatic heterocycles. The topological polar surface area (TPSA) is 90.2 Å². The van der Waals surface area contributed by atoms with Crippen molar-refractivity contribution >= 4 is 11.7 Å². The number of Topliss-reactive ketones (excluding diaryl/α,β-unsaturated/α-hetero) is 1. The zero-order valence-corrected chi connectivity index (χ0v) is 17.0. The Morgan fingerprint density at radius 3 is 2.47 bits per heavy atom. The average molecular weight is 405 g/mol. The van der Waals surface area contributed by atoms with Crippen molar-refractivity contribution in [2.75, 3.05) is 25.1 Å². The monoisotopic (exact) mass is 405 g/mol. The number of aromatic nitrogens is 4. The van der Waals surface area contributed by atoms with Crippen LogP contribution in [0.25, 0.3) is 11.4 Å². The molecule has 4 rings (SSSR count). The molecular weight excluding hydrogens is 382 g/mol. The number of anilines is 1. The van der Waals surface area contributed by atoms with E-state index in [0.717, 1.165) is 5.75 Å². The maximum absolute atomic E-state index is 12.9. The molecule has 0 spiro atoms. The highest BCUT2D eigenvalue weighted by Gasteiger charge is 2.27. The molecule has 0 unspecified atom stereocenters. The van der Waals surface area contributed by atoms with Crippen molar-refractivity contribution in [2.45, 2.75) is 12.8 Å². The largest absolute Gasteiger partial charge is 0.497 e. The average Bonchev–Trinajstić information content (AvgIpc) is 2.81. The molecule has 0 atom stereocenters. The molecule has 8 heteroatoms. The molecule has 1 aliphatic heterocycles.